The van der Waals surface area contributed by atoms with Crippen LogP contribution in [0.4, 0.5) is 5.69 Å². The number of carbonyl (C=O) groups is 2. The van der Waals surface area contributed by atoms with Crippen LogP contribution in [0, 0.1) is 13.8 Å². The maximum absolute atomic E-state index is 13.8. The lowest BCUT2D eigenvalue weighted by atomic mass is 9.95. The molecular weight excluding hydrogens is 490 g/mol. The molecule has 1 aliphatic carbocycles. The number of anilines is 1. The zero-order valence-electron chi connectivity index (χ0n) is 22.5. The number of nitrogens with one attached hydrogen (secondary N) is 1. The number of benzene rings is 2. The first-order valence-corrected chi connectivity index (χ1v) is 14.6. The molecule has 3 rings (SSSR count). The molecular formula is C28H39N3O5S. The van der Waals surface area contributed by atoms with Gasteiger partial charge in [-0.15, -0.1) is 0 Å². The molecule has 1 fully saturated rings. The summed E-state index contributed by atoms with van der Waals surface area (Å²) < 4.78 is 32.2. The molecule has 1 saturated carbocycles. The average molecular weight is 530 g/mol. The molecule has 9 heteroatoms. The minimum absolute atomic E-state index is 0.100. The summed E-state index contributed by atoms with van der Waals surface area (Å²) in [4.78, 5) is 28.6. The highest BCUT2D eigenvalue weighted by Crippen LogP contribution is 2.31. The minimum Gasteiger partial charge on any atom is -0.495 e. The molecule has 8 nitrogen and oxygen atoms in total. The van der Waals surface area contributed by atoms with Gasteiger partial charge in [-0.25, -0.2) is 8.42 Å². The molecule has 0 unspecified atom stereocenters. The van der Waals surface area contributed by atoms with E-state index in [1.807, 2.05) is 44.2 Å². The van der Waals surface area contributed by atoms with E-state index in [0.717, 1.165) is 52.9 Å². The van der Waals surface area contributed by atoms with Crippen molar-refractivity contribution in [2.45, 2.75) is 71.5 Å². The lowest BCUT2D eigenvalue weighted by Crippen LogP contribution is -2.53. The third kappa shape index (κ3) is 7.47. The molecule has 37 heavy (non-hydrogen) atoms. The van der Waals surface area contributed by atoms with Gasteiger partial charge in [-0.05, 0) is 62.4 Å². The van der Waals surface area contributed by atoms with Crippen LogP contribution in [0.2, 0.25) is 0 Å². The van der Waals surface area contributed by atoms with E-state index in [2.05, 4.69) is 5.32 Å². The first kappa shape index (κ1) is 28.5. The predicted molar refractivity (Wildman–Crippen MR) is 146 cm³/mol. The van der Waals surface area contributed by atoms with Crippen LogP contribution in [-0.4, -0.2) is 57.1 Å². The van der Waals surface area contributed by atoms with Crippen molar-refractivity contribution in [1.29, 1.82) is 0 Å². The Hall–Kier alpha value is -3.07. The molecule has 202 valence electrons. The Bertz CT molecular complexity index is 1210. The molecule has 0 aromatic heterocycles. The topological polar surface area (TPSA) is 96.0 Å². The number of carbonyl (C=O) groups excluding carboxylic acids is 2. The molecule has 0 saturated heterocycles. The summed E-state index contributed by atoms with van der Waals surface area (Å²) in [7, 11) is -2.38. The molecule has 0 bridgehead atoms. The van der Waals surface area contributed by atoms with E-state index in [1.165, 1.54) is 18.4 Å². The van der Waals surface area contributed by atoms with Crippen molar-refractivity contribution in [3.63, 3.8) is 0 Å². The van der Waals surface area contributed by atoms with Crippen LogP contribution in [0.25, 0.3) is 0 Å². The molecule has 2 amide bonds. The molecule has 0 radical (unpaired) electrons. The van der Waals surface area contributed by atoms with Crippen LogP contribution in [-0.2, 0) is 26.2 Å². The Morgan fingerprint density at radius 1 is 1.08 bits per heavy atom. The summed E-state index contributed by atoms with van der Waals surface area (Å²) in [5.41, 5.74) is 3.00. The summed E-state index contributed by atoms with van der Waals surface area (Å²) in [5.74, 6) is -0.353. The van der Waals surface area contributed by atoms with Gasteiger partial charge in [-0.2, -0.15) is 0 Å². The van der Waals surface area contributed by atoms with Gasteiger partial charge in [-0.1, -0.05) is 49.6 Å². The van der Waals surface area contributed by atoms with Crippen molar-refractivity contribution in [3.8, 4) is 5.75 Å². The first-order valence-electron chi connectivity index (χ1n) is 12.8. The largest absolute Gasteiger partial charge is 0.495 e. The Morgan fingerprint density at radius 2 is 1.76 bits per heavy atom. The fourth-order valence-corrected chi connectivity index (χ4v) is 5.56. The minimum atomic E-state index is -3.84. The van der Waals surface area contributed by atoms with Crippen LogP contribution in [0.5, 0.6) is 5.75 Å². The maximum Gasteiger partial charge on any atom is 0.244 e. The van der Waals surface area contributed by atoms with Crippen molar-refractivity contribution >= 4 is 27.5 Å². The zero-order chi connectivity index (χ0) is 27.2. The lowest BCUT2D eigenvalue weighted by Gasteiger charge is -2.33. The summed E-state index contributed by atoms with van der Waals surface area (Å²) in [6.45, 7) is 5.23. The highest BCUT2D eigenvalue weighted by atomic mass is 32.2. The first-order chi connectivity index (χ1) is 17.5. The van der Waals surface area contributed by atoms with Crippen LogP contribution >= 0.6 is 0 Å². The number of nitrogens with zero attached hydrogens (tertiary/aromatic N) is 2. The van der Waals surface area contributed by atoms with E-state index < -0.39 is 28.5 Å². The van der Waals surface area contributed by atoms with Crippen LogP contribution in [0.1, 0.15) is 55.7 Å². The van der Waals surface area contributed by atoms with E-state index in [0.29, 0.717) is 5.75 Å². The van der Waals surface area contributed by atoms with Crippen LogP contribution in [0.15, 0.2) is 42.5 Å². The van der Waals surface area contributed by atoms with Gasteiger partial charge in [0.1, 0.15) is 18.3 Å². The second-order valence-corrected chi connectivity index (χ2v) is 11.8. The lowest BCUT2D eigenvalue weighted by molar-refractivity contribution is -0.139. The fraction of sp³-hybridized carbons (Fsp3) is 0.500. The predicted octanol–water partition coefficient (Wildman–Crippen LogP) is 3.94. The third-order valence-corrected chi connectivity index (χ3v) is 8.13. The molecule has 1 N–H and O–H groups in total. The number of sulfonamides is 1. The van der Waals surface area contributed by atoms with E-state index >= 15 is 0 Å². The van der Waals surface area contributed by atoms with E-state index in [4.69, 9.17) is 4.74 Å². The number of amides is 2. The Balaban J connectivity index is 1.93. The normalized spacial score (nSPS) is 15.1. The summed E-state index contributed by atoms with van der Waals surface area (Å²) in [6.07, 6.45) is 6.24. The monoisotopic (exact) mass is 529 g/mol. The average Bonchev–Trinajstić information content (AvgIpc) is 2.86. The molecule has 1 atom stereocenters. The van der Waals surface area contributed by atoms with Gasteiger partial charge in [0.25, 0.3) is 0 Å². The smallest absolute Gasteiger partial charge is 0.244 e. The van der Waals surface area contributed by atoms with Crippen LogP contribution < -0.4 is 14.4 Å². The SMILES string of the molecule is COc1ccc(C)cc1N(CC(=O)N(Cc1ccccc1C)[C@@H](C)C(=O)NC1CCCCC1)S(C)(=O)=O. The highest BCUT2D eigenvalue weighted by molar-refractivity contribution is 7.92. The summed E-state index contributed by atoms with van der Waals surface area (Å²) in [6, 6.07) is 12.2. The third-order valence-electron chi connectivity index (χ3n) is 7.00. The molecule has 0 spiro atoms. The van der Waals surface area contributed by atoms with Gasteiger partial charge in [-0.3, -0.25) is 13.9 Å². The fourth-order valence-electron chi connectivity index (χ4n) is 4.71. The summed E-state index contributed by atoms with van der Waals surface area (Å²) in [5, 5.41) is 3.11. The van der Waals surface area contributed by atoms with Gasteiger partial charge in [0.2, 0.25) is 21.8 Å². The maximum atomic E-state index is 13.8. The Morgan fingerprint density at radius 3 is 2.38 bits per heavy atom. The summed E-state index contributed by atoms with van der Waals surface area (Å²) >= 11 is 0. The van der Waals surface area contributed by atoms with Gasteiger partial charge >= 0.3 is 0 Å². The van der Waals surface area contributed by atoms with Crippen molar-refractivity contribution in [1.82, 2.24) is 10.2 Å². The molecule has 2 aromatic carbocycles. The van der Waals surface area contributed by atoms with Crippen molar-refractivity contribution in [2.75, 3.05) is 24.2 Å². The van der Waals surface area contributed by atoms with Crippen molar-refractivity contribution < 1.29 is 22.7 Å². The van der Waals surface area contributed by atoms with E-state index in [9.17, 15) is 18.0 Å². The Kier molecular flexibility index (Phi) is 9.59. The number of hydrogen-bond acceptors (Lipinski definition) is 5. The van der Waals surface area contributed by atoms with Crippen LogP contribution in [0.3, 0.4) is 0 Å². The standard InChI is InChI=1S/C28H39N3O5S/c1-20-15-16-26(36-4)25(17-20)31(37(5,34)35)19-27(32)30(18-23-12-10-9-11-21(23)2)22(3)28(33)29-24-13-7-6-8-14-24/h9-12,15-17,22,24H,6-8,13-14,18-19H2,1-5H3,(H,29,33)/t22-/m0/s1. The molecule has 0 heterocycles. The second-order valence-electron chi connectivity index (χ2n) is 9.91. The number of methoxy groups -OCH3 is 1. The number of rotatable bonds is 10. The van der Waals surface area contributed by atoms with Gasteiger partial charge in [0.15, 0.2) is 0 Å². The van der Waals surface area contributed by atoms with Crippen molar-refractivity contribution in [2.24, 2.45) is 0 Å². The number of ether oxygens (including phenoxy) is 1. The molecule has 0 aliphatic heterocycles. The number of hydrogen-bond donors (Lipinski definition) is 1. The van der Waals surface area contributed by atoms with Gasteiger partial charge in [0.05, 0.1) is 19.1 Å². The van der Waals surface area contributed by atoms with E-state index in [1.54, 1.807) is 19.1 Å². The Labute approximate surface area is 221 Å². The van der Waals surface area contributed by atoms with Crippen molar-refractivity contribution in [3.05, 3.63) is 59.2 Å². The van der Waals surface area contributed by atoms with Gasteiger partial charge in [0, 0.05) is 12.6 Å². The quantitative estimate of drug-likeness (QED) is 0.503. The second kappa shape index (κ2) is 12.4. The zero-order valence-corrected chi connectivity index (χ0v) is 23.3. The van der Waals surface area contributed by atoms with Gasteiger partial charge < -0.3 is 15.0 Å². The number of aryl methyl sites for hydroxylation is 2. The highest BCUT2D eigenvalue weighted by Gasteiger charge is 2.32. The van der Waals surface area contributed by atoms with E-state index in [-0.39, 0.29) is 24.2 Å². The molecule has 2 aromatic rings. The molecule has 1 aliphatic rings.